The summed E-state index contributed by atoms with van der Waals surface area (Å²) in [6.45, 7) is 2.16. The Bertz CT molecular complexity index is 638. The van der Waals surface area contributed by atoms with Crippen molar-refractivity contribution in [3.8, 4) is 0 Å². The van der Waals surface area contributed by atoms with Gasteiger partial charge in [0.05, 0.1) is 23.8 Å². The Morgan fingerprint density at radius 1 is 1.53 bits per heavy atom. The van der Waals surface area contributed by atoms with Crippen LogP contribution in [0.2, 0.25) is 0 Å². The Labute approximate surface area is 90.6 Å². The van der Waals surface area contributed by atoms with E-state index in [4.69, 9.17) is 5.11 Å². The van der Waals surface area contributed by atoms with Gasteiger partial charge in [0.2, 0.25) is 0 Å². The van der Waals surface area contributed by atoms with Gasteiger partial charge < -0.3 is 9.51 Å². The van der Waals surface area contributed by atoms with E-state index < -0.39 is 0 Å². The molecule has 0 saturated heterocycles. The van der Waals surface area contributed by atoms with Crippen LogP contribution in [0.25, 0.3) is 15.9 Å². The molecule has 0 fully saturated rings. The van der Waals surface area contributed by atoms with Crippen molar-refractivity contribution in [1.82, 2.24) is 9.38 Å². The molecule has 0 aliphatic rings. The third-order valence-electron chi connectivity index (χ3n) is 2.58. The summed E-state index contributed by atoms with van der Waals surface area (Å²) in [5.41, 5.74) is 3.31. The lowest BCUT2D eigenvalue weighted by Gasteiger charge is -1.96. The number of thiophene rings is 1. The molecule has 0 spiro atoms. The molecule has 4 heteroatoms. The van der Waals surface area contributed by atoms with Gasteiger partial charge >= 0.3 is 0 Å². The first-order valence-corrected chi connectivity index (χ1v) is 5.57. The molecule has 0 aliphatic carbocycles. The zero-order valence-electron chi connectivity index (χ0n) is 8.27. The molecule has 0 radical (unpaired) electrons. The smallest absolute Gasteiger partial charge is 0.126 e. The summed E-state index contributed by atoms with van der Waals surface area (Å²) in [5, 5.41) is 9.09. The molecule has 3 aromatic heterocycles. The fourth-order valence-electron chi connectivity index (χ4n) is 1.78. The van der Waals surface area contributed by atoms with Crippen LogP contribution in [0.3, 0.4) is 0 Å². The monoisotopic (exact) mass is 218 g/mol. The molecule has 0 saturated carbocycles. The Kier molecular flexibility index (Phi) is 1.81. The number of aliphatic hydroxyl groups excluding tert-OH is 1. The summed E-state index contributed by atoms with van der Waals surface area (Å²) in [4.78, 5) is 6.45. The zero-order valence-corrected chi connectivity index (χ0v) is 9.08. The molecule has 0 aliphatic heterocycles. The van der Waals surface area contributed by atoms with E-state index in [-0.39, 0.29) is 6.61 Å². The lowest BCUT2D eigenvalue weighted by Crippen LogP contribution is -1.84. The summed E-state index contributed by atoms with van der Waals surface area (Å²) in [5.74, 6) is 0. The van der Waals surface area contributed by atoms with E-state index in [0.717, 1.165) is 20.7 Å². The first-order chi connectivity index (χ1) is 7.29. The Balaban J connectivity index is 2.47. The Hall–Kier alpha value is -1.39. The molecule has 0 bridgehead atoms. The van der Waals surface area contributed by atoms with Gasteiger partial charge in [0, 0.05) is 11.1 Å². The van der Waals surface area contributed by atoms with Gasteiger partial charge in [-0.2, -0.15) is 0 Å². The summed E-state index contributed by atoms with van der Waals surface area (Å²) < 4.78 is 2.13. The molecule has 0 atom stereocenters. The molecule has 3 rings (SSSR count). The van der Waals surface area contributed by atoms with Gasteiger partial charge in [0.25, 0.3) is 0 Å². The number of aryl methyl sites for hydroxylation is 1. The van der Waals surface area contributed by atoms with Crippen molar-refractivity contribution in [3.05, 3.63) is 35.0 Å². The minimum Gasteiger partial charge on any atom is -0.391 e. The average Bonchev–Trinajstić information content (AvgIpc) is 2.81. The first-order valence-electron chi connectivity index (χ1n) is 4.75. The molecule has 15 heavy (non-hydrogen) atoms. The minimum absolute atomic E-state index is 0.0861. The summed E-state index contributed by atoms with van der Waals surface area (Å²) >= 11 is 1.59. The van der Waals surface area contributed by atoms with Crippen LogP contribution in [-0.4, -0.2) is 14.5 Å². The lowest BCUT2D eigenvalue weighted by atomic mass is 10.3. The highest BCUT2D eigenvalue weighted by molar-refractivity contribution is 7.18. The van der Waals surface area contributed by atoms with Gasteiger partial charge in [-0.3, -0.25) is 4.98 Å². The van der Waals surface area contributed by atoms with E-state index in [1.54, 1.807) is 11.3 Å². The SMILES string of the molecule is Cc1ccn2c1cnc1cc(CO)sc12. The average molecular weight is 218 g/mol. The fraction of sp³-hybridized carbons (Fsp3) is 0.182. The van der Waals surface area contributed by atoms with E-state index in [0.29, 0.717) is 0 Å². The van der Waals surface area contributed by atoms with E-state index in [1.807, 2.05) is 18.5 Å². The van der Waals surface area contributed by atoms with Crippen molar-refractivity contribution in [1.29, 1.82) is 0 Å². The van der Waals surface area contributed by atoms with E-state index >= 15 is 0 Å². The lowest BCUT2D eigenvalue weighted by molar-refractivity contribution is 0.285. The summed E-state index contributed by atoms with van der Waals surface area (Å²) in [7, 11) is 0. The van der Waals surface area contributed by atoms with Crippen molar-refractivity contribution in [2.45, 2.75) is 13.5 Å². The van der Waals surface area contributed by atoms with Gasteiger partial charge in [-0.1, -0.05) is 0 Å². The number of aliphatic hydroxyl groups is 1. The van der Waals surface area contributed by atoms with Crippen LogP contribution in [-0.2, 0) is 6.61 Å². The van der Waals surface area contributed by atoms with E-state index in [1.165, 1.54) is 5.56 Å². The molecule has 76 valence electrons. The highest BCUT2D eigenvalue weighted by Gasteiger charge is 2.07. The molecule has 3 heterocycles. The standard InChI is InChI=1S/C11H10N2OS/c1-7-2-3-13-10(7)5-12-9-4-8(6-14)15-11(9)13/h2-5,14H,6H2,1H3. The van der Waals surface area contributed by atoms with Crippen LogP contribution in [0.1, 0.15) is 10.4 Å². The first kappa shape index (κ1) is 8.88. The summed E-state index contributed by atoms with van der Waals surface area (Å²) in [6, 6.07) is 4.02. The van der Waals surface area contributed by atoms with E-state index in [9.17, 15) is 0 Å². The fourth-order valence-corrected chi connectivity index (χ4v) is 2.73. The highest BCUT2D eigenvalue weighted by Crippen LogP contribution is 2.26. The Morgan fingerprint density at radius 2 is 2.40 bits per heavy atom. The molecular weight excluding hydrogens is 208 g/mol. The molecule has 1 N–H and O–H groups in total. The van der Waals surface area contributed by atoms with Crippen molar-refractivity contribution in [2.24, 2.45) is 0 Å². The summed E-state index contributed by atoms with van der Waals surface area (Å²) in [6.07, 6.45) is 3.93. The van der Waals surface area contributed by atoms with E-state index in [2.05, 4.69) is 22.4 Å². The third kappa shape index (κ3) is 1.19. The highest BCUT2D eigenvalue weighted by atomic mass is 32.1. The number of rotatable bonds is 1. The third-order valence-corrected chi connectivity index (χ3v) is 3.69. The van der Waals surface area contributed by atoms with Crippen LogP contribution < -0.4 is 0 Å². The quantitative estimate of drug-likeness (QED) is 0.680. The topological polar surface area (TPSA) is 37.5 Å². The van der Waals surface area contributed by atoms with Crippen LogP contribution in [0.4, 0.5) is 0 Å². The van der Waals surface area contributed by atoms with Gasteiger partial charge in [0.15, 0.2) is 0 Å². The maximum atomic E-state index is 9.09. The zero-order chi connectivity index (χ0) is 10.4. The number of fused-ring (bicyclic) bond motifs is 3. The van der Waals surface area contributed by atoms with Crippen molar-refractivity contribution < 1.29 is 5.11 Å². The van der Waals surface area contributed by atoms with Crippen LogP contribution in [0.5, 0.6) is 0 Å². The second-order valence-corrected chi connectivity index (χ2v) is 4.69. The van der Waals surface area contributed by atoms with Gasteiger partial charge in [-0.05, 0) is 24.6 Å². The van der Waals surface area contributed by atoms with Crippen molar-refractivity contribution >= 4 is 27.2 Å². The predicted molar refractivity (Wildman–Crippen MR) is 61.2 cm³/mol. The molecule has 0 amide bonds. The predicted octanol–water partition coefficient (Wildman–Crippen LogP) is 2.35. The van der Waals surface area contributed by atoms with Gasteiger partial charge in [0.1, 0.15) is 4.83 Å². The number of hydrogen-bond acceptors (Lipinski definition) is 3. The maximum Gasteiger partial charge on any atom is 0.126 e. The largest absolute Gasteiger partial charge is 0.391 e. The van der Waals surface area contributed by atoms with Crippen LogP contribution >= 0.6 is 11.3 Å². The van der Waals surface area contributed by atoms with Crippen molar-refractivity contribution in [3.63, 3.8) is 0 Å². The van der Waals surface area contributed by atoms with Crippen LogP contribution in [0, 0.1) is 6.92 Å². The maximum absolute atomic E-state index is 9.09. The van der Waals surface area contributed by atoms with Gasteiger partial charge in [-0.15, -0.1) is 11.3 Å². The molecular formula is C11H10N2OS. The molecule has 0 unspecified atom stereocenters. The number of aromatic nitrogens is 2. The van der Waals surface area contributed by atoms with Crippen LogP contribution in [0.15, 0.2) is 24.5 Å². The normalized spacial score (nSPS) is 11.6. The Morgan fingerprint density at radius 3 is 3.20 bits per heavy atom. The minimum atomic E-state index is 0.0861. The molecule has 3 nitrogen and oxygen atoms in total. The number of nitrogens with zero attached hydrogens (tertiary/aromatic N) is 2. The van der Waals surface area contributed by atoms with Gasteiger partial charge in [-0.25, -0.2) is 0 Å². The molecule has 0 aromatic carbocycles. The number of hydrogen-bond donors (Lipinski definition) is 1. The second-order valence-electron chi connectivity index (χ2n) is 3.57. The second kappa shape index (κ2) is 3.05. The molecule has 3 aromatic rings. The van der Waals surface area contributed by atoms with Crippen molar-refractivity contribution in [2.75, 3.05) is 0 Å².